The van der Waals surface area contributed by atoms with Crippen LogP contribution in [-0.4, -0.2) is 0 Å². The van der Waals surface area contributed by atoms with Crippen LogP contribution < -0.4 is 0 Å². The zero-order valence-electron chi connectivity index (χ0n) is 8.77. The molecule has 0 radical (unpaired) electrons. The van der Waals surface area contributed by atoms with Gasteiger partial charge >= 0.3 is 0 Å². The molecule has 1 atom stereocenters. The second-order valence-corrected chi connectivity index (χ2v) is 4.48. The summed E-state index contributed by atoms with van der Waals surface area (Å²) < 4.78 is 0. The molecule has 1 rings (SSSR count). The molecule has 0 aliphatic heterocycles. The van der Waals surface area contributed by atoms with Gasteiger partial charge in [-0.1, -0.05) is 39.3 Å². The third-order valence-electron chi connectivity index (χ3n) is 3.47. The Morgan fingerprint density at radius 1 is 1.33 bits per heavy atom. The Hall–Kier alpha value is -0.260. The molecule has 0 bridgehead atoms. The smallest absolute Gasteiger partial charge is 0.0237 e. The summed E-state index contributed by atoms with van der Waals surface area (Å²) in [7, 11) is 0. The first kappa shape index (κ1) is 9.83. The van der Waals surface area contributed by atoms with Gasteiger partial charge in [-0.25, -0.2) is 0 Å². The molecule has 0 saturated heterocycles. The van der Waals surface area contributed by atoms with Gasteiger partial charge in [0.2, 0.25) is 0 Å². The molecule has 0 aromatic rings. The molecular formula is C12H22. The van der Waals surface area contributed by atoms with Crippen LogP contribution in [0.3, 0.4) is 0 Å². The minimum atomic E-state index is 0.642. The average Bonchev–Trinajstić information content (AvgIpc) is 2.06. The van der Waals surface area contributed by atoms with E-state index in [1.165, 1.54) is 32.1 Å². The Kier molecular flexibility index (Phi) is 3.37. The molecule has 0 amide bonds. The van der Waals surface area contributed by atoms with Crippen molar-refractivity contribution in [3.05, 3.63) is 12.2 Å². The zero-order valence-corrected chi connectivity index (χ0v) is 8.77. The second-order valence-electron chi connectivity index (χ2n) is 4.48. The fourth-order valence-electron chi connectivity index (χ4n) is 2.45. The van der Waals surface area contributed by atoms with E-state index in [2.05, 4.69) is 32.9 Å². The van der Waals surface area contributed by atoms with Crippen LogP contribution in [0.5, 0.6) is 0 Å². The molecule has 0 spiro atoms. The van der Waals surface area contributed by atoms with Crippen molar-refractivity contribution in [1.29, 1.82) is 0 Å². The number of allylic oxidation sites excluding steroid dienone is 2. The van der Waals surface area contributed by atoms with Crippen LogP contribution in [0, 0.1) is 11.3 Å². The normalized spacial score (nSPS) is 29.7. The fraction of sp³-hybridized carbons (Fsp3) is 0.833. The van der Waals surface area contributed by atoms with Crippen LogP contribution in [0.4, 0.5) is 0 Å². The lowest BCUT2D eigenvalue weighted by molar-refractivity contribution is 0.150. The van der Waals surface area contributed by atoms with Gasteiger partial charge in [0.25, 0.3) is 0 Å². The van der Waals surface area contributed by atoms with Crippen molar-refractivity contribution in [2.75, 3.05) is 0 Å². The predicted molar refractivity (Wildman–Crippen MR) is 55.2 cm³/mol. The third-order valence-corrected chi connectivity index (χ3v) is 3.47. The van der Waals surface area contributed by atoms with Crippen molar-refractivity contribution < 1.29 is 0 Å². The van der Waals surface area contributed by atoms with Crippen LogP contribution >= 0.6 is 0 Å². The van der Waals surface area contributed by atoms with Gasteiger partial charge in [0.05, 0.1) is 0 Å². The molecule has 0 fully saturated rings. The summed E-state index contributed by atoms with van der Waals surface area (Å²) in [4.78, 5) is 0. The highest BCUT2D eigenvalue weighted by molar-refractivity contribution is 4.98. The lowest BCUT2D eigenvalue weighted by atomic mass is 9.66. The van der Waals surface area contributed by atoms with E-state index in [0.717, 1.165) is 5.92 Å². The van der Waals surface area contributed by atoms with E-state index < -0.39 is 0 Å². The Bertz CT molecular complexity index is 155. The monoisotopic (exact) mass is 166 g/mol. The highest BCUT2D eigenvalue weighted by atomic mass is 14.4. The van der Waals surface area contributed by atoms with Crippen LogP contribution in [0.15, 0.2) is 12.2 Å². The summed E-state index contributed by atoms with van der Waals surface area (Å²) in [5.41, 5.74) is 0.642. The number of hydrogen-bond acceptors (Lipinski definition) is 0. The Morgan fingerprint density at radius 3 is 2.50 bits per heavy atom. The molecule has 0 aromatic heterocycles. The quantitative estimate of drug-likeness (QED) is 0.552. The maximum absolute atomic E-state index is 2.39. The highest BCUT2D eigenvalue weighted by Crippen LogP contribution is 2.43. The molecule has 0 nitrogen and oxygen atoms in total. The van der Waals surface area contributed by atoms with E-state index >= 15 is 0 Å². The number of rotatable bonds is 3. The van der Waals surface area contributed by atoms with Crippen molar-refractivity contribution in [3.63, 3.8) is 0 Å². The van der Waals surface area contributed by atoms with Crippen molar-refractivity contribution in [2.24, 2.45) is 11.3 Å². The predicted octanol–water partition coefficient (Wildman–Crippen LogP) is 4.17. The lowest BCUT2D eigenvalue weighted by Gasteiger charge is -2.39. The summed E-state index contributed by atoms with van der Waals surface area (Å²) in [6.45, 7) is 7.08. The van der Waals surface area contributed by atoms with Gasteiger partial charge in [-0.3, -0.25) is 0 Å². The van der Waals surface area contributed by atoms with E-state index in [-0.39, 0.29) is 0 Å². The Labute approximate surface area is 77.1 Å². The van der Waals surface area contributed by atoms with Gasteiger partial charge in [0.15, 0.2) is 0 Å². The SMILES string of the molecule is CCCC1(C(C)C)CC=CCC1. The summed E-state index contributed by atoms with van der Waals surface area (Å²) >= 11 is 0. The molecule has 12 heavy (non-hydrogen) atoms. The van der Waals surface area contributed by atoms with E-state index in [1.54, 1.807) is 0 Å². The Balaban J connectivity index is 2.64. The molecule has 0 heterocycles. The van der Waals surface area contributed by atoms with E-state index in [1.807, 2.05) is 0 Å². The second kappa shape index (κ2) is 4.11. The van der Waals surface area contributed by atoms with Gasteiger partial charge in [-0.05, 0) is 37.0 Å². The minimum Gasteiger partial charge on any atom is -0.0885 e. The number of hydrogen-bond donors (Lipinski definition) is 0. The summed E-state index contributed by atoms with van der Waals surface area (Å²) in [5.74, 6) is 0.849. The molecule has 0 N–H and O–H groups in total. The first-order valence-corrected chi connectivity index (χ1v) is 5.36. The molecule has 0 saturated carbocycles. The van der Waals surface area contributed by atoms with Crippen LogP contribution in [0.2, 0.25) is 0 Å². The molecule has 0 aromatic carbocycles. The Morgan fingerprint density at radius 2 is 2.08 bits per heavy atom. The first-order valence-electron chi connectivity index (χ1n) is 5.36. The van der Waals surface area contributed by atoms with Crippen molar-refractivity contribution in [3.8, 4) is 0 Å². The summed E-state index contributed by atoms with van der Waals surface area (Å²) in [6.07, 6.45) is 11.5. The van der Waals surface area contributed by atoms with Gasteiger partial charge in [0, 0.05) is 0 Å². The molecule has 1 aliphatic carbocycles. The third kappa shape index (κ3) is 1.91. The van der Waals surface area contributed by atoms with Gasteiger partial charge in [-0.2, -0.15) is 0 Å². The van der Waals surface area contributed by atoms with Gasteiger partial charge < -0.3 is 0 Å². The maximum Gasteiger partial charge on any atom is -0.0237 e. The molecule has 70 valence electrons. The van der Waals surface area contributed by atoms with Crippen LogP contribution in [0.25, 0.3) is 0 Å². The van der Waals surface area contributed by atoms with Gasteiger partial charge in [-0.15, -0.1) is 0 Å². The van der Waals surface area contributed by atoms with Crippen molar-refractivity contribution in [2.45, 2.75) is 52.9 Å². The van der Waals surface area contributed by atoms with E-state index in [4.69, 9.17) is 0 Å². The van der Waals surface area contributed by atoms with Crippen molar-refractivity contribution in [1.82, 2.24) is 0 Å². The highest BCUT2D eigenvalue weighted by Gasteiger charge is 2.32. The minimum absolute atomic E-state index is 0.642. The summed E-state index contributed by atoms with van der Waals surface area (Å²) in [5, 5.41) is 0. The largest absolute Gasteiger partial charge is 0.0885 e. The van der Waals surface area contributed by atoms with Crippen LogP contribution in [-0.2, 0) is 0 Å². The topological polar surface area (TPSA) is 0 Å². The molecule has 0 heteroatoms. The molecule has 1 aliphatic rings. The molecule has 1 unspecified atom stereocenters. The average molecular weight is 166 g/mol. The lowest BCUT2D eigenvalue weighted by Crippen LogP contribution is -2.28. The van der Waals surface area contributed by atoms with Gasteiger partial charge in [0.1, 0.15) is 0 Å². The van der Waals surface area contributed by atoms with E-state index in [0.29, 0.717) is 5.41 Å². The van der Waals surface area contributed by atoms with E-state index in [9.17, 15) is 0 Å². The standard InChI is InChI=1S/C12H22/c1-4-8-12(11(2)3)9-6-5-7-10-12/h5-6,11H,4,7-10H2,1-3H3. The fourth-order valence-corrected chi connectivity index (χ4v) is 2.45. The maximum atomic E-state index is 2.39. The first-order chi connectivity index (χ1) is 5.71. The van der Waals surface area contributed by atoms with Crippen molar-refractivity contribution >= 4 is 0 Å². The summed E-state index contributed by atoms with van der Waals surface area (Å²) in [6, 6.07) is 0. The van der Waals surface area contributed by atoms with Crippen LogP contribution in [0.1, 0.15) is 52.9 Å². The molecular weight excluding hydrogens is 144 g/mol. The zero-order chi connectivity index (χ0) is 9.03.